The molecular formula is C14H16ClNO5S. The fourth-order valence-electron chi connectivity index (χ4n) is 2.95. The lowest BCUT2D eigenvalue weighted by molar-refractivity contribution is -0.159. The SMILES string of the molecule is COC1(C)NC(C)=C(C(=O)O)C(c2ccsc2Cl)C1C(=O)O. The maximum absolute atomic E-state index is 11.8. The summed E-state index contributed by atoms with van der Waals surface area (Å²) in [4.78, 5) is 23.5. The standard InChI is InChI=1S/C14H16ClNO5S/c1-6-8(12(17)18)9(7-4-5-22-11(7)15)10(13(19)20)14(2,16-6)21-3/h4-5,9-10,16H,1-3H3,(H,17,18)(H,19,20). The number of methoxy groups -OCH3 is 1. The third-order valence-electron chi connectivity index (χ3n) is 3.98. The summed E-state index contributed by atoms with van der Waals surface area (Å²) in [7, 11) is 1.38. The normalized spacial score (nSPS) is 28.4. The Labute approximate surface area is 136 Å². The molecule has 0 saturated heterocycles. The highest BCUT2D eigenvalue weighted by Gasteiger charge is 2.52. The number of carboxylic acids is 2. The maximum Gasteiger partial charge on any atom is 0.333 e. The second-order valence-electron chi connectivity index (χ2n) is 5.22. The monoisotopic (exact) mass is 345 g/mol. The lowest BCUT2D eigenvalue weighted by Crippen LogP contribution is -2.58. The number of rotatable bonds is 4. The maximum atomic E-state index is 11.8. The van der Waals surface area contributed by atoms with E-state index in [1.165, 1.54) is 18.4 Å². The van der Waals surface area contributed by atoms with Crippen LogP contribution in [0.25, 0.3) is 0 Å². The van der Waals surface area contributed by atoms with Crippen LogP contribution in [0.3, 0.4) is 0 Å². The zero-order chi connectivity index (χ0) is 16.7. The molecule has 22 heavy (non-hydrogen) atoms. The van der Waals surface area contributed by atoms with Gasteiger partial charge in [0, 0.05) is 18.7 Å². The van der Waals surface area contributed by atoms with Crippen LogP contribution in [0.15, 0.2) is 22.7 Å². The number of halogens is 1. The van der Waals surface area contributed by atoms with E-state index < -0.39 is 29.5 Å². The van der Waals surface area contributed by atoms with Gasteiger partial charge < -0.3 is 20.3 Å². The molecule has 1 aliphatic heterocycles. The number of nitrogens with one attached hydrogen (secondary N) is 1. The summed E-state index contributed by atoms with van der Waals surface area (Å²) in [5.41, 5.74) is -0.408. The Balaban J connectivity index is 2.74. The van der Waals surface area contributed by atoms with Gasteiger partial charge in [0.15, 0.2) is 0 Å². The van der Waals surface area contributed by atoms with E-state index in [4.69, 9.17) is 16.3 Å². The zero-order valence-corrected chi connectivity index (χ0v) is 13.8. The Kier molecular flexibility index (Phi) is 4.51. The second kappa shape index (κ2) is 5.91. The van der Waals surface area contributed by atoms with Crippen molar-refractivity contribution < 1.29 is 24.5 Å². The highest BCUT2D eigenvalue weighted by atomic mass is 35.5. The Morgan fingerprint density at radius 1 is 1.45 bits per heavy atom. The van der Waals surface area contributed by atoms with Crippen molar-refractivity contribution in [2.45, 2.75) is 25.5 Å². The molecule has 3 atom stereocenters. The molecule has 0 amide bonds. The lowest BCUT2D eigenvalue weighted by atomic mass is 9.72. The van der Waals surface area contributed by atoms with E-state index in [0.717, 1.165) is 0 Å². The van der Waals surface area contributed by atoms with Crippen LogP contribution in [-0.4, -0.2) is 35.0 Å². The highest BCUT2D eigenvalue weighted by molar-refractivity contribution is 7.14. The minimum absolute atomic E-state index is 0.0118. The van der Waals surface area contributed by atoms with Crippen LogP contribution in [0.2, 0.25) is 4.34 Å². The third kappa shape index (κ3) is 2.60. The summed E-state index contributed by atoms with van der Waals surface area (Å²) < 4.78 is 5.74. The molecule has 1 aromatic heterocycles. The summed E-state index contributed by atoms with van der Waals surface area (Å²) in [6.45, 7) is 3.17. The van der Waals surface area contributed by atoms with Crippen LogP contribution in [0.1, 0.15) is 25.3 Å². The van der Waals surface area contributed by atoms with Crippen LogP contribution in [0.4, 0.5) is 0 Å². The van der Waals surface area contributed by atoms with Gasteiger partial charge in [-0.3, -0.25) is 4.79 Å². The van der Waals surface area contributed by atoms with Gasteiger partial charge >= 0.3 is 11.9 Å². The van der Waals surface area contributed by atoms with Crippen molar-refractivity contribution in [3.05, 3.63) is 32.6 Å². The molecule has 6 nitrogen and oxygen atoms in total. The van der Waals surface area contributed by atoms with Gasteiger partial charge in [0.2, 0.25) is 0 Å². The highest BCUT2D eigenvalue weighted by Crippen LogP contribution is 2.46. The Bertz CT molecular complexity index is 655. The largest absolute Gasteiger partial charge is 0.481 e. The quantitative estimate of drug-likeness (QED) is 0.776. The molecule has 120 valence electrons. The molecular weight excluding hydrogens is 330 g/mol. The van der Waals surface area contributed by atoms with Crippen molar-refractivity contribution in [1.82, 2.24) is 5.32 Å². The molecule has 1 aliphatic rings. The molecule has 0 bridgehead atoms. The van der Waals surface area contributed by atoms with Crippen molar-refractivity contribution in [1.29, 1.82) is 0 Å². The molecule has 3 unspecified atom stereocenters. The van der Waals surface area contributed by atoms with Gasteiger partial charge in [0.25, 0.3) is 0 Å². The first kappa shape index (κ1) is 16.8. The van der Waals surface area contributed by atoms with Crippen LogP contribution in [0.5, 0.6) is 0 Å². The minimum Gasteiger partial charge on any atom is -0.481 e. The van der Waals surface area contributed by atoms with Crippen molar-refractivity contribution in [3.63, 3.8) is 0 Å². The average molecular weight is 346 g/mol. The number of carbonyl (C=O) groups is 2. The number of allylic oxidation sites excluding steroid dienone is 1. The van der Waals surface area contributed by atoms with E-state index >= 15 is 0 Å². The molecule has 1 aromatic rings. The lowest BCUT2D eigenvalue weighted by Gasteiger charge is -2.44. The third-order valence-corrected chi connectivity index (χ3v) is 5.18. The number of hydrogen-bond acceptors (Lipinski definition) is 5. The zero-order valence-electron chi connectivity index (χ0n) is 12.2. The predicted molar refractivity (Wildman–Crippen MR) is 82.1 cm³/mol. The first-order valence-electron chi connectivity index (χ1n) is 6.46. The van der Waals surface area contributed by atoms with Gasteiger partial charge in [-0.15, -0.1) is 11.3 Å². The molecule has 2 heterocycles. The summed E-state index contributed by atoms with van der Waals surface area (Å²) in [5, 5.41) is 23.8. The predicted octanol–water partition coefficient (Wildman–Crippen LogP) is 2.51. The smallest absolute Gasteiger partial charge is 0.333 e. The van der Waals surface area contributed by atoms with Crippen molar-refractivity contribution in [3.8, 4) is 0 Å². The van der Waals surface area contributed by atoms with E-state index in [1.807, 2.05) is 0 Å². The number of aliphatic carboxylic acids is 2. The Morgan fingerprint density at radius 3 is 2.50 bits per heavy atom. The molecule has 0 aliphatic carbocycles. The van der Waals surface area contributed by atoms with Gasteiger partial charge in [-0.1, -0.05) is 11.6 Å². The minimum atomic E-state index is -1.25. The number of ether oxygens (including phenoxy) is 1. The van der Waals surface area contributed by atoms with E-state index in [-0.39, 0.29) is 5.57 Å². The summed E-state index contributed by atoms with van der Waals surface area (Å²) in [5.74, 6) is -4.38. The fourth-order valence-corrected chi connectivity index (χ4v) is 3.95. The van der Waals surface area contributed by atoms with E-state index in [1.54, 1.807) is 25.3 Å². The van der Waals surface area contributed by atoms with Gasteiger partial charge in [-0.2, -0.15) is 0 Å². The number of thiophene rings is 1. The van der Waals surface area contributed by atoms with Crippen molar-refractivity contribution in [2.24, 2.45) is 5.92 Å². The van der Waals surface area contributed by atoms with Gasteiger partial charge in [-0.25, -0.2) is 4.79 Å². The first-order valence-corrected chi connectivity index (χ1v) is 7.71. The molecule has 8 heteroatoms. The summed E-state index contributed by atoms with van der Waals surface area (Å²) >= 11 is 7.38. The Hall–Kier alpha value is -1.57. The van der Waals surface area contributed by atoms with Gasteiger partial charge in [-0.05, 0) is 30.9 Å². The summed E-state index contributed by atoms with van der Waals surface area (Å²) in [6, 6.07) is 1.66. The van der Waals surface area contributed by atoms with Crippen LogP contribution >= 0.6 is 22.9 Å². The topological polar surface area (TPSA) is 95.9 Å². The molecule has 0 fully saturated rings. The molecule has 3 N–H and O–H groups in total. The molecule has 0 saturated carbocycles. The van der Waals surface area contributed by atoms with Crippen molar-refractivity contribution >= 4 is 34.9 Å². The molecule has 2 rings (SSSR count). The van der Waals surface area contributed by atoms with Crippen molar-refractivity contribution in [2.75, 3.05) is 7.11 Å². The van der Waals surface area contributed by atoms with Gasteiger partial charge in [0.05, 0.1) is 9.91 Å². The number of hydrogen-bond donors (Lipinski definition) is 3. The number of carboxylic acid groups (broad SMARTS) is 2. The molecule has 0 spiro atoms. The van der Waals surface area contributed by atoms with Crippen LogP contribution in [-0.2, 0) is 14.3 Å². The molecule has 0 radical (unpaired) electrons. The van der Waals surface area contributed by atoms with E-state index in [9.17, 15) is 19.8 Å². The fraction of sp³-hybridized carbons (Fsp3) is 0.429. The summed E-state index contributed by atoms with van der Waals surface area (Å²) in [6.07, 6.45) is 0. The van der Waals surface area contributed by atoms with E-state index in [0.29, 0.717) is 15.6 Å². The average Bonchev–Trinajstić information content (AvgIpc) is 2.82. The Morgan fingerprint density at radius 2 is 2.09 bits per heavy atom. The first-order chi connectivity index (χ1) is 10.2. The van der Waals surface area contributed by atoms with E-state index in [2.05, 4.69) is 5.32 Å². The van der Waals surface area contributed by atoms with Crippen LogP contribution < -0.4 is 5.32 Å². The van der Waals surface area contributed by atoms with Gasteiger partial charge in [0.1, 0.15) is 11.6 Å². The van der Waals surface area contributed by atoms with Crippen LogP contribution in [0, 0.1) is 5.92 Å². The second-order valence-corrected chi connectivity index (χ2v) is 6.74. The molecule has 0 aromatic carbocycles.